The maximum Gasteiger partial charge on any atom is 0.131 e. The number of aryl methyl sites for hydroxylation is 2. The molecule has 0 radical (unpaired) electrons. The van der Waals surface area contributed by atoms with E-state index in [0.29, 0.717) is 12.6 Å². The van der Waals surface area contributed by atoms with Gasteiger partial charge in [-0.25, -0.2) is 0 Å². The minimum absolute atomic E-state index is 0.338. The first-order chi connectivity index (χ1) is 8.63. The van der Waals surface area contributed by atoms with E-state index in [1.807, 2.05) is 18.7 Å². The molecule has 0 aromatic carbocycles. The second-order valence-electron chi connectivity index (χ2n) is 5.08. The summed E-state index contributed by atoms with van der Waals surface area (Å²) in [6, 6.07) is 0. The van der Waals surface area contributed by atoms with Gasteiger partial charge >= 0.3 is 0 Å². The highest BCUT2D eigenvalue weighted by molar-refractivity contribution is 5.49. The third kappa shape index (κ3) is 2.67. The molecular formula is C13H24N4O. The first-order valence-corrected chi connectivity index (χ1v) is 6.68. The summed E-state index contributed by atoms with van der Waals surface area (Å²) >= 11 is 0. The van der Waals surface area contributed by atoms with E-state index in [-0.39, 0.29) is 0 Å². The minimum atomic E-state index is 0.338. The smallest absolute Gasteiger partial charge is 0.131 e. The summed E-state index contributed by atoms with van der Waals surface area (Å²) in [4.78, 5) is 2.22. The van der Waals surface area contributed by atoms with Gasteiger partial charge in [0.25, 0.3) is 0 Å². The van der Waals surface area contributed by atoms with Crippen LogP contribution in [0.4, 0.5) is 5.82 Å². The van der Waals surface area contributed by atoms with Crippen LogP contribution in [0.5, 0.6) is 0 Å². The Balaban J connectivity index is 2.10. The number of likely N-dealkylation sites (N-methyl/N-ethyl adjacent to an activating group) is 1. The molecule has 5 nitrogen and oxygen atoms in total. The molecule has 0 aliphatic carbocycles. The van der Waals surface area contributed by atoms with Crippen LogP contribution in [0.1, 0.15) is 30.5 Å². The van der Waals surface area contributed by atoms with E-state index in [9.17, 15) is 0 Å². The molecule has 0 amide bonds. The van der Waals surface area contributed by atoms with Crippen LogP contribution in [-0.4, -0.2) is 36.1 Å². The molecule has 102 valence electrons. The first-order valence-electron chi connectivity index (χ1n) is 6.68. The van der Waals surface area contributed by atoms with Crippen molar-refractivity contribution in [2.75, 3.05) is 25.1 Å². The predicted octanol–water partition coefficient (Wildman–Crippen LogP) is 1.19. The number of nitrogens with two attached hydrogens (primary N) is 1. The van der Waals surface area contributed by atoms with Crippen molar-refractivity contribution < 1.29 is 4.74 Å². The lowest BCUT2D eigenvalue weighted by molar-refractivity contribution is 0.0214. The topological polar surface area (TPSA) is 56.3 Å². The molecule has 1 aromatic rings. The van der Waals surface area contributed by atoms with Crippen LogP contribution < -0.4 is 10.6 Å². The van der Waals surface area contributed by atoms with Gasteiger partial charge in [-0.05, 0) is 26.2 Å². The van der Waals surface area contributed by atoms with Crippen LogP contribution in [-0.2, 0) is 18.3 Å². The zero-order valence-corrected chi connectivity index (χ0v) is 11.6. The molecular weight excluding hydrogens is 228 g/mol. The zero-order chi connectivity index (χ0) is 13.1. The quantitative estimate of drug-likeness (QED) is 0.874. The minimum Gasteiger partial charge on any atom is -0.376 e. The van der Waals surface area contributed by atoms with Gasteiger partial charge < -0.3 is 15.4 Å². The third-order valence-corrected chi connectivity index (χ3v) is 3.63. The summed E-state index contributed by atoms with van der Waals surface area (Å²) in [5.74, 6) is 1.11. The normalized spacial score (nSPS) is 20.1. The Morgan fingerprint density at radius 3 is 2.89 bits per heavy atom. The number of anilines is 1. The Bertz CT molecular complexity index is 396. The van der Waals surface area contributed by atoms with Gasteiger partial charge in [0.2, 0.25) is 0 Å². The van der Waals surface area contributed by atoms with Gasteiger partial charge in [-0.2, -0.15) is 5.10 Å². The lowest BCUT2D eigenvalue weighted by Crippen LogP contribution is -2.34. The number of hydrogen-bond acceptors (Lipinski definition) is 4. The van der Waals surface area contributed by atoms with Crippen LogP contribution in [0.25, 0.3) is 0 Å². The fourth-order valence-corrected chi connectivity index (χ4v) is 2.75. The predicted molar refractivity (Wildman–Crippen MR) is 72.7 cm³/mol. The standard InChI is InChI=1S/C13H24N4O/c1-10-12(8-14)13(17(3)15-10)16(2)9-11-6-4-5-7-18-11/h11H,4-9,14H2,1-3H3. The average molecular weight is 252 g/mol. The van der Waals surface area contributed by atoms with E-state index >= 15 is 0 Å². The maximum absolute atomic E-state index is 5.82. The van der Waals surface area contributed by atoms with E-state index in [1.54, 1.807) is 0 Å². The summed E-state index contributed by atoms with van der Waals surface area (Å²) < 4.78 is 7.70. The lowest BCUT2D eigenvalue weighted by atomic mass is 10.1. The number of aromatic nitrogens is 2. The van der Waals surface area contributed by atoms with Crippen molar-refractivity contribution in [3.05, 3.63) is 11.3 Å². The van der Waals surface area contributed by atoms with Crippen LogP contribution >= 0.6 is 0 Å². The summed E-state index contributed by atoms with van der Waals surface area (Å²) in [6.45, 7) is 4.35. The molecule has 18 heavy (non-hydrogen) atoms. The van der Waals surface area contributed by atoms with Crippen LogP contribution in [0.3, 0.4) is 0 Å². The lowest BCUT2D eigenvalue weighted by Gasteiger charge is -2.29. The van der Waals surface area contributed by atoms with Gasteiger partial charge in [0.05, 0.1) is 11.8 Å². The fraction of sp³-hybridized carbons (Fsp3) is 0.769. The largest absolute Gasteiger partial charge is 0.376 e. The Labute approximate surface area is 109 Å². The molecule has 1 aromatic heterocycles. The molecule has 1 aliphatic rings. The number of ether oxygens (including phenoxy) is 1. The average Bonchev–Trinajstić information content (AvgIpc) is 2.64. The van der Waals surface area contributed by atoms with Crippen molar-refractivity contribution in [1.29, 1.82) is 0 Å². The molecule has 0 spiro atoms. The fourth-order valence-electron chi connectivity index (χ4n) is 2.75. The molecule has 1 aliphatic heterocycles. The van der Waals surface area contributed by atoms with Crippen LogP contribution in [0.15, 0.2) is 0 Å². The Hall–Kier alpha value is -1.07. The van der Waals surface area contributed by atoms with Gasteiger partial charge in [0.1, 0.15) is 5.82 Å². The van der Waals surface area contributed by atoms with Crippen molar-refractivity contribution in [2.45, 2.75) is 38.8 Å². The molecule has 2 N–H and O–H groups in total. The van der Waals surface area contributed by atoms with Gasteiger partial charge in [0, 0.05) is 39.4 Å². The Kier molecular flexibility index (Phi) is 4.24. The molecule has 5 heteroatoms. The SMILES string of the molecule is Cc1nn(C)c(N(C)CC2CCCCO2)c1CN. The Morgan fingerprint density at radius 2 is 2.28 bits per heavy atom. The van der Waals surface area contributed by atoms with E-state index in [2.05, 4.69) is 17.0 Å². The number of hydrogen-bond donors (Lipinski definition) is 1. The van der Waals surface area contributed by atoms with Crippen molar-refractivity contribution in [1.82, 2.24) is 9.78 Å². The third-order valence-electron chi connectivity index (χ3n) is 3.63. The highest BCUT2D eigenvalue weighted by Gasteiger charge is 2.20. The molecule has 0 bridgehead atoms. The van der Waals surface area contributed by atoms with Gasteiger partial charge in [-0.15, -0.1) is 0 Å². The number of rotatable bonds is 4. The molecule has 2 rings (SSSR count). The maximum atomic E-state index is 5.82. The molecule has 2 heterocycles. The van der Waals surface area contributed by atoms with E-state index in [0.717, 1.165) is 36.6 Å². The molecule has 1 atom stereocenters. The van der Waals surface area contributed by atoms with Crippen molar-refractivity contribution in [2.24, 2.45) is 12.8 Å². The molecule has 0 saturated carbocycles. The second kappa shape index (κ2) is 5.71. The summed E-state index contributed by atoms with van der Waals surface area (Å²) in [5.41, 5.74) is 7.98. The zero-order valence-electron chi connectivity index (χ0n) is 11.6. The summed E-state index contributed by atoms with van der Waals surface area (Å²) in [7, 11) is 4.06. The van der Waals surface area contributed by atoms with Crippen molar-refractivity contribution in [3.63, 3.8) is 0 Å². The number of nitrogens with zero attached hydrogens (tertiary/aromatic N) is 3. The first kappa shape index (κ1) is 13.4. The highest BCUT2D eigenvalue weighted by Crippen LogP contribution is 2.23. The van der Waals surface area contributed by atoms with Crippen LogP contribution in [0.2, 0.25) is 0 Å². The van der Waals surface area contributed by atoms with Gasteiger partial charge in [0.15, 0.2) is 0 Å². The second-order valence-corrected chi connectivity index (χ2v) is 5.08. The monoisotopic (exact) mass is 252 g/mol. The van der Waals surface area contributed by atoms with Gasteiger partial charge in [-0.3, -0.25) is 4.68 Å². The highest BCUT2D eigenvalue weighted by atomic mass is 16.5. The molecule has 1 saturated heterocycles. The van der Waals surface area contributed by atoms with E-state index in [4.69, 9.17) is 10.5 Å². The van der Waals surface area contributed by atoms with Gasteiger partial charge in [-0.1, -0.05) is 0 Å². The van der Waals surface area contributed by atoms with Crippen LogP contribution in [0, 0.1) is 6.92 Å². The Morgan fingerprint density at radius 1 is 1.50 bits per heavy atom. The van der Waals surface area contributed by atoms with E-state index < -0.39 is 0 Å². The summed E-state index contributed by atoms with van der Waals surface area (Å²) in [5, 5.41) is 4.45. The van der Waals surface area contributed by atoms with Crippen molar-refractivity contribution >= 4 is 5.82 Å². The van der Waals surface area contributed by atoms with E-state index in [1.165, 1.54) is 12.8 Å². The van der Waals surface area contributed by atoms with Crippen molar-refractivity contribution in [3.8, 4) is 0 Å². The molecule has 1 unspecified atom stereocenters. The summed E-state index contributed by atoms with van der Waals surface area (Å²) in [6.07, 6.45) is 3.95. The molecule has 1 fully saturated rings.